The molecule has 1 N–H and O–H groups in total. The molecule has 5 heteroatoms. The van der Waals surface area contributed by atoms with Crippen LogP contribution in [0.4, 0.5) is 0 Å². The van der Waals surface area contributed by atoms with E-state index in [1.807, 2.05) is 31.2 Å². The molecule has 23 heavy (non-hydrogen) atoms. The second-order valence-electron chi connectivity index (χ2n) is 6.47. The van der Waals surface area contributed by atoms with Crippen molar-refractivity contribution >= 4 is 17.2 Å². The Bertz CT molecular complexity index is 723. The first-order chi connectivity index (χ1) is 11.2. The highest BCUT2D eigenvalue weighted by molar-refractivity contribution is 7.09. The highest BCUT2D eigenvalue weighted by Gasteiger charge is 2.37. The lowest BCUT2D eigenvalue weighted by atomic mass is 9.95. The van der Waals surface area contributed by atoms with Crippen LogP contribution < -0.4 is 10.1 Å². The largest absolute Gasteiger partial charge is 0.492 e. The lowest BCUT2D eigenvalue weighted by Crippen LogP contribution is -2.39. The fourth-order valence-electron chi connectivity index (χ4n) is 3.09. The zero-order chi connectivity index (χ0) is 15.8. The van der Waals surface area contributed by atoms with Gasteiger partial charge in [-0.1, -0.05) is 18.2 Å². The van der Waals surface area contributed by atoms with Gasteiger partial charge in [-0.05, 0) is 43.7 Å². The number of rotatable bonds is 4. The molecular formula is C18H20N2O2S. The fraction of sp³-hybridized carbons (Fsp3) is 0.444. The number of hydrogen-bond acceptors (Lipinski definition) is 4. The minimum Gasteiger partial charge on any atom is -0.492 e. The van der Waals surface area contributed by atoms with Crippen LogP contribution >= 0.6 is 11.3 Å². The number of nitrogens with one attached hydrogen (secondary N) is 1. The molecule has 1 aromatic carbocycles. The summed E-state index contributed by atoms with van der Waals surface area (Å²) in [7, 11) is 0. The summed E-state index contributed by atoms with van der Waals surface area (Å²) in [4.78, 5) is 17.3. The van der Waals surface area contributed by atoms with Gasteiger partial charge in [-0.2, -0.15) is 0 Å². The summed E-state index contributed by atoms with van der Waals surface area (Å²) in [5, 5.41) is 6.33. The van der Waals surface area contributed by atoms with Crippen molar-refractivity contribution < 1.29 is 9.53 Å². The molecule has 2 aliphatic rings. The first-order valence-electron chi connectivity index (χ1n) is 8.14. The monoisotopic (exact) mass is 328 g/mol. The van der Waals surface area contributed by atoms with Crippen LogP contribution in [0.5, 0.6) is 5.75 Å². The van der Waals surface area contributed by atoms with Gasteiger partial charge in [-0.25, -0.2) is 4.98 Å². The van der Waals surface area contributed by atoms with E-state index in [2.05, 4.69) is 15.7 Å². The minimum absolute atomic E-state index is 0.0679. The topological polar surface area (TPSA) is 51.2 Å². The highest BCUT2D eigenvalue weighted by atomic mass is 32.1. The van der Waals surface area contributed by atoms with Crippen molar-refractivity contribution in [1.29, 1.82) is 0 Å². The summed E-state index contributed by atoms with van der Waals surface area (Å²) in [6.45, 7) is 2.45. The Morgan fingerprint density at radius 3 is 2.96 bits per heavy atom. The van der Waals surface area contributed by atoms with Gasteiger partial charge in [-0.3, -0.25) is 4.79 Å². The number of benzene rings is 1. The summed E-state index contributed by atoms with van der Waals surface area (Å²) in [6.07, 6.45) is 3.09. The summed E-state index contributed by atoms with van der Waals surface area (Å²) >= 11 is 1.65. The maximum Gasteiger partial charge on any atom is 0.227 e. The number of para-hydroxylation sites is 1. The average molecular weight is 328 g/mol. The van der Waals surface area contributed by atoms with Crippen molar-refractivity contribution in [3.63, 3.8) is 0 Å². The molecule has 1 fully saturated rings. The van der Waals surface area contributed by atoms with Gasteiger partial charge < -0.3 is 10.1 Å². The van der Waals surface area contributed by atoms with Crippen molar-refractivity contribution in [2.24, 2.45) is 11.8 Å². The SMILES string of the molecule is Cc1csc([C@H](NC(=O)[C@@H]2COc3ccccc3C2)C2CC2)n1. The highest BCUT2D eigenvalue weighted by Crippen LogP contribution is 2.42. The van der Waals surface area contributed by atoms with Crippen LogP contribution in [0.25, 0.3) is 0 Å². The molecule has 0 unspecified atom stereocenters. The zero-order valence-electron chi connectivity index (χ0n) is 13.1. The first-order valence-corrected chi connectivity index (χ1v) is 9.02. The Balaban J connectivity index is 1.47. The van der Waals surface area contributed by atoms with Crippen LogP contribution in [-0.4, -0.2) is 17.5 Å². The van der Waals surface area contributed by atoms with Crippen molar-refractivity contribution in [3.05, 3.63) is 45.9 Å². The molecule has 0 bridgehead atoms. The van der Waals surface area contributed by atoms with Crippen molar-refractivity contribution in [1.82, 2.24) is 10.3 Å². The second kappa shape index (κ2) is 5.96. The first kappa shape index (κ1) is 14.7. The quantitative estimate of drug-likeness (QED) is 0.937. The van der Waals surface area contributed by atoms with Gasteiger partial charge in [0.15, 0.2) is 0 Å². The summed E-state index contributed by atoms with van der Waals surface area (Å²) in [5.74, 6) is 1.42. The lowest BCUT2D eigenvalue weighted by molar-refractivity contribution is -0.127. The van der Waals surface area contributed by atoms with Crippen LogP contribution in [0.3, 0.4) is 0 Å². The van der Waals surface area contributed by atoms with Gasteiger partial charge in [0.2, 0.25) is 5.91 Å². The van der Waals surface area contributed by atoms with Gasteiger partial charge >= 0.3 is 0 Å². The molecule has 2 aromatic rings. The third-order valence-electron chi connectivity index (χ3n) is 4.54. The number of hydrogen-bond donors (Lipinski definition) is 1. The van der Waals surface area contributed by atoms with Crippen LogP contribution in [0, 0.1) is 18.8 Å². The number of carbonyl (C=O) groups is 1. The van der Waals surface area contributed by atoms with Crippen LogP contribution in [0.2, 0.25) is 0 Å². The van der Waals surface area contributed by atoms with E-state index in [1.54, 1.807) is 11.3 Å². The summed E-state index contributed by atoms with van der Waals surface area (Å²) < 4.78 is 5.75. The van der Waals surface area contributed by atoms with E-state index in [-0.39, 0.29) is 17.9 Å². The predicted octanol–water partition coefficient (Wildman–Crippen LogP) is 3.27. The molecule has 0 saturated heterocycles. The summed E-state index contributed by atoms with van der Waals surface area (Å²) in [6, 6.07) is 8.03. The third-order valence-corrected chi connectivity index (χ3v) is 5.59. The summed E-state index contributed by atoms with van der Waals surface area (Å²) in [5.41, 5.74) is 2.15. The molecule has 4 nitrogen and oxygen atoms in total. The van der Waals surface area contributed by atoms with E-state index in [1.165, 1.54) is 12.8 Å². The molecule has 1 aromatic heterocycles. The minimum atomic E-state index is -0.118. The van der Waals surface area contributed by atoms with E-state index < -0.39 is 0 Å². The maximum absolute atomic E-state index is 12.7. The number of aromatic nitrogens is 1. The molecule has 1 saturated carbocycles. The van der Waals surface area contributed by atoms with Crippen LogP contribution in [-0.2, 0) is 11.2 Å². The smallest absolute Gasteiger partial charge is 0.227 e. The van der Waals surface area contributed by atoms with E-state index in [9.17, 15) is 4.79 Å². The fourth-order valence-corrected chi connectivity index (χ4v) is 4.03. The number of fused-ring (bicyclic) bond motifs is 1. The normalized spacial score (nSPS) is 21.2. The molecule has 4 rings (SSSR count). The number of thiazole rings is 1. The number of amides is 1. The molecule has 2 atom stereocenters. The molecule has 1 aliphatic carbocycles. The van der Waals surface area contributed by atoms with Gasteiger partial charge in [0.05, 0.1) is 12.0 Å². The molecule has 120 valence electrons. The number of carbonyl (C=O) groups excluding carboxylic acids is 1. The number of nitrogens with zero attached hydrogens (tertiary/aromatic N) is 1. The number of aryl methyl sites for hydroxylation is 1. The molecule has 0 spiro atoms. The van der Waals surface area contributed by atoms with E-state index >= 15 is 0 Å². The Morgan fingerprint density at radius 2 is 2.22 bits per heavy atom. The Morgan fingerprint density at radius 1 is 1.39 bits per heavy atom. The van der Waals surface area contributed by atoms with Crippen LogP contribution in [0.1, 0.15) is 35.1 Å². The molecule has 1 amide bonds. The standard InChI is InChI=1S/C18H20N2O2S/c1-11-10-23-18(19-11)16(12-6-7-12)20-17(21)14-8-13-4-2-3-5-15(13)22-9-14/h2-5,10,12,14,16H,6-9H2,1H3,(H,20,21)/t14-,16+/m0/s1. The predicted molar refractivity (Wildman–Crippen MR) is 89.6 cm³/mol. The second-order valence-corrected chi connectivity index (χ2v) is 7.36. The molecule has 2 heterocycles. The van der Waals surface area contributed by atoms with E-state index in [4.69, 9.17) is 4.74 Å². The maximum atomic E-state index is 12.7. The van der Waals surface area contributed by atoms with Gasteiger partial charge in [0, 0.05) is 11.1 Å². The van der Waals surface area contributed by atoms with Crippen LogP contribution in [0.15, 0.2) is 29.6 Å². The average Bonchev–Trinajstić information content (AvgIpc) is 3.33. The van der Waals surface area contributed by atoms with E-state index in [0.29, 0.717) is 12.5 Å². The Labute approximate surface area is 139 Å². The molecule has 1 aliphatic heterocycles. The van der Waals surface area contributed by atoms with Gasteiger partial charge in [0.25, 0.3) is 0 Å². The van der Waals surface area contributed by atoms with Gasteiger partial charge in [-0.15, -0.1) is 11.3 Å². The Kier molecular flexibility index (Phi) is 3.81. The number of ether oxygens (including phenoxy) is 1. The van der Waals surface area contributed by atoms with Gasteiger partial charge in [0.1, 0.15) is 17.4 Å². The molecule has 0 radical (unpaired) electrons. The van der Waals surface area contributed by atoms with Crippen molar-refractivity contribution in [2.45, 2.75) is 32.2 Å². The zero-order valence-corrected chi connectivity index (χ0v) is 13.9. The lowest BCUT2D eigenvalue weighted by Gasteiger charge is -2.26. The van der Waals surface area contributed by atoms with Crippen molar-refractivity contribution in [2.75, 3.05) is 6.61 Å². The van der Waals surface area contributed by atoms with E-state index in [0.717, 1.165) is 28.4 Å². The Hall–Kier alpha value is -1.88. The third kappa shape index (κ3) is 3.11. The molecular weight excluding hydrogens is 308 g/mol. The van der Waals surface area contributed by atoms with Crippen molar-refractivity contribution in [3.8, 4) is 5.75 Å².